The van der Waals surface area contributed by atoms with Crippen LogP contribution in [0, 0.1) is 17.7 Å². The molecule has 0 heterocycles. The zero-order valence-electron chi connectivity index (χ0n) is 9.58. The van der Waals surface area contributed by atoms with Gasteiger partial charge >= 0.3 is 12.0 Å². The number of carbonyl (C=O) groups excluding carboxylic acids is 1. The van der Waals surface area contributed by atoms with E-state index in [1.54, 1.807) is 6.92 Å². The van der Waals surface area contributed by atoms with Gasteiger partial charge in [0.25, 0.3) is 0 Å². The molecule has 0 aromatic heterocycles. The number of rotatable bonds is 3. The number of carboxylic acids is 1. The molecule has 0 bridgehead atoms. The molecular weight excluding hydrogens is 239 g/mol. The van der Waals surface area contributed by atoms with Crippen molar-refractivity contribution in [2.24, 2.45) is 0 Å². The van der Waals surface area contributed by atoms with E-state index >= 15 is 0 Å². The highest BCUT2D eigenvalue weighted by atomic mass is 19.1. The van der Waals surface area contributed by atoms with Crippen LogP contribution in [-0.2, 0) is 0 Å². The second kappa shape index (κ2) is 6.25. The summed E-state index contributed by atoms with van der Waals surface area (Å²) >= 11 is 0. The standard InChI is InChI=1S/C12H11FN2O3/c1-2-3-6-14-12(18)15-10-7-8(13)4-5-9(10)11(16)17/h4-5,7H,6H2,1H3,(H,16,17)(H2,14,15,18). The van der Waals surface area contributed by atoms with Gasteiger partial charge in [0.1, 0.15) is 5.82 Å². The molecule has 3 N–H and O–H groups in total. The van der Waals surface area contributed by atoms with Gasteiger partial charge in [0.05, 0.1) is 17.8 Å². The molecule has 0 saturated heterocycles. The van der Waals surface area contributed by atoms with E-state index in [4.69, 9.17) is 5.11 Å². The number of nitrogens with one attached hydrogen (secondary N) is 2. The van der Waals surface area contributed by atoms with Gasteiger partial charge in [0, 0.05) is 0 Å². The van der Waals surface area contributed by atoms with Gasteiger partial charge in [0.2, 0.25) is 0 Å². The fourth-order valence-corrected chi connectivity index (χ4v) is 1.19. The Bertz CT molecular complexity index is 532. The number of hydrogen-bond donors (Lipinski definition) is 3. The van der Waals surface area contributed by atoms with Crippen molar-refractivity contribution in [2.45, 2.75) is 6.92 Å². The highest BCUT2D eigenvalue weighted by Crippen LogP contribution is 2.17. The molecule has 0 aliphatic carbocycles. The van der Waals surface area contributed by atoms with Crippen LogP contribution in [0.3, 0.4) is 0 Å². The maximum Gasteiger partial charge on any atom is 0.337 e. The van der Waals surface area contributed by atoms with Crippen molar-refractivity contribution in [3.8, 4) is 11.8 Å². The quantitative estimate of drug-likeness (QED) is 0.714. The van der Waals surface area contributed by atoms with E-state index in [0.29, 0.717) is 0 Å². The van der Waals surface area contributed by atoms with Crippen LogP contribution in [0.2, 0.25) is 0 Å². The molecule has 0 saturated carbocycles. The second-order valence-electron chi connectivity index (χ2n) is 3.23. The summed E-state index contributed by atoms with van der Waals surface area (Å²) in [5.41, 5.74) is -0.294. The molecule has 0 spiro atoms. The van der Waals surface area contributed by atoms with Gasteiger partial charge in [0.15, 0.2) is 0 Å². The van der Waals surface area contributed by atoms with Gasteiger partial charge in [-0.05, 0) is 25.1 Å². The third-order valence-corrected chi connectivity index (χ3v) is 1.97. The molecule has 0 fully saturated rings. The van der Waals surface area contributed by atoms with Gasteiger partial charge < -0.3 is 15.7 Å². The predicted octanol–water partition coefficient (Wildman–Crippen LogP) is 1.67. The molecule has 1 rings (SSSR count). The molecular formula is C12H11FN2O3. The Balaban J connectivity index is 2.81. The van der Waals surface area contributed by atoms with E-state index in [0.717, 1.165) is 18.2 Å². The van der Waals surface area contributed by atoms with Gasteiger partial charge in [-0.15, -0.1) is 5.92 Å². The smallest absolute Gasteiger partial charge is 0.337 e. The average Bonchev–Trinajstić information content (AvgIpc) is 2.29. The zero-order chi connectivity index (χ0) is 13.5. The number of halogens is 1. The van der Waals surface area contributed by atoms with Crippen molar-refractivity contribution in [1.82, 2.24) is 5.32 Å². The molecule has 18 heavy (non-hydrogen) atoms. The number of benzene rings is 1. The lowest BCUT2D eigenvalue weighted by molar-refractivity contribution is 0.0698. The number of urea groups is 1. The molecule has 0 atom stereocenters. The summed E-state index contributed by atoms with van der Waals surface area (Å²) < 4.78 is 13.0. The molecule has 0 radical (unpaired) electrons. The minimum Gasteiger partial charge on any atom is -0.478 e. The van der Waals surface area contributed by atoms with Crippen molar-refractivity contribution >= 4 is 17.7 Å². The average molecular weight is 250 g/mol. The Kier molecular flexibility index (Phi) is 4.69. The summed E-state index contributed by atoms with van der Waals surface area (Å²) in [5, 5.41) is 13.5. The summed E-state index contributed by atoms with van der Waals surface area (Å²) in [6.45, 7) is 1.74. The van der Waals surface area contributed by atoms with Crippen LogP contribution < -0.4 is 10.6 Å². The molecule has 6 heteroatoms. The normalized spacial score (nSPS) is 9.00. The first-order valence-electron chi connectivity index (χ1n) is 5.02. The molecule has 1 aromatic carbocycles. The number of carbonyl (C=O) groups is 2. The molecule has 0 aliphatic rings. The number of aromatic carboxylic acids is 1. The van der Waals surface area contributed by atoms with Crippen LogP contribution in [-0.4, -0.2) is 23.7 Å². The van der Waals surface area contributed by atoms with Gasteiger partial charge in [-0.1, -0.05) is 5.92 Å². The Labute approximate surface area is 103 Å². The Morgan fingerprint density at radius 1 is 1.44 bits per heavy atom. The van der Waals surface area contributed by atoms with Crippen LogP contribution in [0.5, 0.6) is 0 Å². The summed E-state index contributed by atoms with van der Waals surface area (Å²) in [7, 11) is 0. The van der Waals surface area contributed by atoms with Crippen molar-refractivity contribution in [2.75, 3.05) is 11.9 Å². The maximum atomic E-state index is 13.0. The third kappa shape index (κ3) is 3.79. The Morgan fingerprint density at radius 2 is 2.17 bits per heavy atom. The van der Waals surface area contributed by atoms with Crippen molar-refractivity contribution in [1.29, 1.82) is 0 Å². The summed E-state index contributed by atoms with van der Waals surface area (Å²) in [6.07, 6.45) is 0. The van der Waals surface area contributed by atoms with E-state index in [-0.39, 0.29) is 17.8 Å². The van der Waals surface area contributed by atoms with Crippen molar-refractivity contribution < 1.29 is 19.1 Å². The van der Waals surface area contributed by atoms with Gasteiger partial charge in [-0.2, -0.15) is 0 Å². The molecule has 94 valence electrons. The van der Waals surface area contributed by atoms with Crippen LogP contribution in [0.1, 0.15) is 17.3 Å². The summed E-state index contributed by atoms with van der Waals surface area (Å²) in [4.78, 5) is 22.2. The fourth-order valence-electron chi connectivity index (χ4n) is 1.19. The molecule has 0 unspecified atom stereocenters. The molecule has 0 aliphatic heterocycles. The second-order valence-corrected chi connectivity index (χ2v) is 3.23. The number of anilines is 1. The number of hydrogen-bond acceptors (Lipinski definition) is 2. The maximum absolute atomic E-state index is 13.0. The largest absolute Gasteiger partial charge is 0.478 e. The van der Waals surface area contributed by atoms with E-state index in [2.05, 4.69) is 22.5 Å². The third-order valence-electron chi connectivity index (χ3n) is 1.97. The fraction of sp³-hybridized carbons (Fsp3) is 0.167. The van der Waals surface area contributed by atoms with E-state index < -0.39 is 17.8 Å². The first-order valence-corrected chi connectivity index (χ1v) is 5.02. The number of carboxylic acid groups (broad SMARTS) is 1. The summed E-state index contributed by atoms with van der Waals surface area (Å²) in [6, 6.07) is 2.38. The predicted molar refractivity (Wildman–Crippen MR) is 63.8 cm³/mol. The van der Waals surface area contributed by atoms with Crippen LogP contribution in [0.25, 0.3) is 0 Å². The SMILES string of the molecule is CC#CCNC(=O)Nc1cc(F)ccc1C(=O)O. The first-order chi connectivity index (χ1) is 8.54. The van der Waals surface area contributed by atoms with Crippen LogP contribution in [0.15, 0.2) is 18.2 Å². The lowest BCUT2D eigenvalue weighted by atomic mass is 10.2. The Morgan fingerprint density at radius 3 is 2.78 bits per heavy atom. The van der Waals surface area contributed by atoms with E-state index in [1.807, 2.05) is 0 Å². The highest BCUT2D eigenvalue weighted by molar-refractivity contribution is 6.00. The van der Waals surface area contributed by atoms with E-state index in [9.17, 15) is 14.0 Å². The number of amides is 2. The zero-order valence-corrected chi connectivity index (χ0v) is 9.58. The van der Waals surface area contributed by atoms with Crippen molar-refractivity contribution in [3.05, 3.63) is 29.6 Å². The Hall–Kier alpha value is -2.55. The summed E-state index contributed by atoms with van der Waals surface area (Å²) in [5.74, 6) is 3.29. The monoisotopic (exact) mass is 250 g/mol. The lowest BCUT2D eigenvalue weighted by Gasteiger charge is -2.08. The van der Waals surface area contributed by atoms with Gasteiger partial charge in [-0.25, -0.2) is 14.0 Å². The van der Waals surface area contributed by atoms with Crippen LogP contribution >= 0.6 is 0 Å². The molecule has 5 nitrogen and oxygen atoms in total. The lowest BCUT2D eigenvalue weighted by Crippen LogP contribution is -2.29. The van der Waals surface area contributed by atoms with Crippen LogP contribution in [0.4, 0.5) is 14.9 Å². The first kappa shape index (κ1) is 13.5. The van der Waals surface area contributed by atoms with Gasteiger partial charge in [-0.3, -0.25) is 0 Å². The highest BCUT2D eigenvalue weighted by Gasteiger charge is 2.12. The molecule has 2 amide bonds. The molecule has 1 aromatic rings. The van der Waals surface area contributed by atoms with Crippen molar-refractivity contribution in [3.63, 3.8) is 0 Å². The minimum absolute atomic E-state index is 0.107. The topological polar surface area (TPSA) is 78.4 Å². The minimum atomic E-state index is -1.25. The van der Waals surface area contributed by atoms with E-state index in [1.165, 1.54) is 0 Å².